The van der Waals surface area contributed by atoms with Gasteiger partial charge in [0.15, 0.2) is 0 Å². The van der Waals surface area contributed by atoms with Crippen LogP contribution in [0.1, 0.15) is 19.3 Å². The maximum atomic E-state index is 12.1. The Morgan fingerprint density at radius 1 is 1.32 bits per heavy atom. The van der Waals surface area contributed by atoms with Crippen molar-refractivity contribution in [1.29, 1.82) is 0 Å². The normalized spacial score (nSPS) is 19.3. The first-order valence-electron chi connectivity index (χ1n) is 7.23. The lowest BCUT2D eigenvalue weighted by Crippen LogP contribution is -2.46. The van der Waals surface area contributed by atoms with Gasteiger partial charge in [0.05, 0.1) is 0 Å². The fraction of sp³-hybridized carbons (Fsp3) is 0.400. The maximum Gasteiger partial charge on any atom is 0.321 e. The van der Waals surface area contributed by atoms with Crippen LogP contribution in [-0.2, 0) is 9.59 Å². The summed E-state index contributed by atoms with van der Waals surface area (Å²) in [7, 11) is 0. The van der Waals surface area contributed by atoms with Crippen molar-refractivity contribution in [2.75, 3.05) is 23.3 Å². The summed E-state index contributed by atoms with van der Waals surface area (Å²) in [6, 6.07) is 6.71. The van der Waals surface area contributed by atoms with Gasteiger partial charge in [-0.3, -0.25) is 14.5 Å². The quantitative estimate of drug-likeness (QED) is 0.732. The Morgan fingerprint density at radius 2 is 2.09 bits per heavy atom. The van der Waals surface area contributed by atoms with E-state index in [0.717, 1.165) is 6.42 Å². The second-order valence-electron chi connectivity index (χ2n) is 5.63. The van der Waals surface area contributed by atoms with E-state index in [2.05, 4.69) is 10.6 Å². The predicted molar refractivity (Wildman–Crippen MR) is 79.7 cm³/mol. The Balaban J connectivity index is 1.76. The number of nitrogens with one attached hydrogen (secondary N) is 2. The zero-order valence-electron chi connectivity index (χ0n) is 12.0. The molecule has 1 heterocycles. The summed E-state index contributed by atoms with van der Waals surface area (Å²) in [6.45, 7) is 1.27. The van der Waals surface area contributed by atoms with Gasteiger partial charge in [-0.2, -0.15) is 0 Å². The third kappa shape index (κ3) is 2.49. The number of hydrogen-bond donors (Lipinski definition) is 3. The molecule has 0 spiro atoms. The van der Waals surface area contributed by atoms with E-state index in [4.69, 9.17) is 5.11 Å². The molecule has 0 bridgehead atoms. The van der Waals surface area contributed by atoms with Gasteiger partial charge in [-0.15, -0.1) is 0 Å². The lowest BCUT2D eigenvalue weighted by molar-refractivity contribution is -0.147. The molecule has 1 aromatic carbocycles. The van der Waals surface area contributed by atoms with Gasteiger partial charge >= 0.3 is 12.0 Å². The van der Waals surface area contributed by atoms with Crippen LogP contribution >= 0.6 is 0 Å². The molecule has 0 radical (unpaired) electrons. The minimum atomic E-state index is -1.28. The van der Waals surface area contributed by atoms with Gasteiger partial charge in [-0.1, -0.05) is 6.07 Å². The molecule has 3 rings (SSSR count). The van der Waals surface area contributed by atoms with Gasteiger partial charge in [0.25, 0.3) is 0 Å². The fourth-order valence-electron chi connectivity index (χ4n) is 2.54. The van der Waals surface area contributed by atoms with Crippen molar-refractivity contribution in [3.63, 3.8) is 0 Å². The molecule has 2 fully saturated rings. The number of carboxylic acid groups (broad SMARTS) is 1. The molecule has 3 amide bonds. The molecule has 3 N–H and O–H groups in total. The Hall–Kier alpha value is -2.57. The van der Waals surface area contributed by atoms with E-state index in [1.807, 2.05) is 0 Å². The first-order valence-corrected chi connectivity index (χ1v) is 7.23. The zero-order valence-corrected chi connectivity index (χ0v) is 12.0. The molecular formula is C15H17N3O4. The number of hydrogen-bond acceptors (Lipinski definition) is 3. The number of carboxylic acids is 1. The first kappa shape index (κ1) is 14.4. The number of rotatable bonds is 4. The molecule has 1 aromatic rings. The Labute approximate surface area is 127 Å². The van der Waals surface area contributed by atoms with Gasteiger partial charge < -0.3 is 15.7 Å². The molecule has 7 nitrogen and oxygen atoms in total. The summed E-state index contributed by atoms with van der Waals surface area (Å²) in [5.74, 6) is -1.59. The van der Waals surface area contributed by atoms with Crippen molar-refractivity contribution in [2.45, 2.75) is 19.3 Å². The van der Waals surface area contributed by atoms with Crippen LogP contribution in [0.4, 0.5) is 16.2 Å². The summed E-state index contributed by atoms with van der Waals surface area (Å²) >= 11 is 0. The van der Waals surface area contributed by atoms with E-state index < -0.39 is 17.3 Å². The van der Waals surface area contributed by atoms with E-state index in [9.17, 15) is 14.4 Å². The zero-order chi connectivity index (χ0) is 15.7. The fourth-order valence-corrected chi connectivity index (χ4v) is 2.54. The third-order valence-electron chi connectivity index (χ3n) is 4.09. The number of anilines is 2. The molecule has 0 unspecified atom stereocenters. The summed E-state index contributed by atoms with van der Waals surface area (Å²) in [6.07, 6.45) is 1.58. The lowest BCUT2D eigenvalue weighted by Gasteiger charge is -2.27. The minimum Gasteiger partial charge on any atom is -0.480 e. The molecule has 2 aliphatic rings. The van der Waals surface area contributed by atoms with Crippen LogP contribution in [-0.4, -0.2) is 36.1 Å². The minimum absolute atomic E-state index is 0.168. The van der Waals surface area contributed by atoms with Gasteiger partial charge in [0, 0.05) is 24.5 Å². The van der Waals surface area contributed by atoms with Gasteiger partial charge in [-0.05, 0) is 37.5 Å². The Bertz CT molecular complexity index is 639. The summed E-state index contributed by atoms with van der Waals surface area (Å²) in [5, 5.41) is 14.5. The van der Waals surface area contributed by atoms with Crippen LogP contribution in [0.2, 0.25) is 0 Å². The van der Waals surface area contributed by atoms with E-state index >= 15 is 0 Å². The highest BCUT2D eigenvalue weighted by molar-refractivity contribution is 6.11. The molecule has 1 aliphatic heterocycles. The van der Waals surface area contributed by atoms with Gasteiger partial charge in [-0.25, -0.2) is 4.79 Å². The number of carbonyl (C=O) groups is 3. The largest absolute Gasteiger partial charge is 0.480 e. The molecule has 0 aromatic heterocycles. The number of carbonyl (C=O) groups excluding carboxylic acids is 2. The van der Waals surface area contributed by atoms with Crippen LogP contribution < -0.4 is 15.5 Å². The number of aliphatic carboxylic acids is 1. The summed E-state index contributed by atoms with van der Waals surface area (Å²) in [4.78, 5) is 36.7. The van der Waals surface area contributed by atoms with Gasteiger partial charge in [0.2, 0.25) is 5.91 Å². The smallest absolute Gasteiger partial charge is 0.321 e. The molecule has 1 saturated carbocycles. The van der Waals surface area contributed by atoms with E-state index in [1.165, 1.54) is 0 Å². The van der Waals surface area contributed by atoms with Crippen molar-refractivity contribution in [1.82, 2.24) is 5.32 Å². The van der Waals surface area contributed by atoms with Crippen LogP contribution in [0, 0.1) is 5.41 Å². The average Bonchev–Trinajstić information content (AvgIpc) is 3.30. The van der Waals surface area contributed by atoms with Crippen LogP contribution in [0.25, 0.3) is 0 Å². The molecule has 1 saturated heterocycles. The molecular weight excluding hydrogens is 286 g/mol. The lowest BCUT2D eigenvalue weighted by atomic mass is 10.1. The Kier molecular flexibility index (Phi) is 3.48. The highest BCUT2D eigenvalue weighted by Crippen LogP contribution is 2.46. The van der Waals surface area contributed by atoms with Crippen molar-refractivity contribution in [3.05, 3.63) is 24.3 Å². The predicted octanol–water partition coefficient (Wildman–Crippen LogP) is 1.41. The average molecular weight is 303 g/mol. The van der Waals surface area contributed by atoms with E-state index in [0.29, 0.717) is 37.3 Å². The molecule has 7 heteroatoms. The highest BCUT2D eigenvalue weighted by Gasteiger charge is 2.57. The molecule has 22 heavy (non-hydrogen) atoms. The van der Waals surface area contributed by atoms with E-state index in [1.54, 1.807) is 29.2 Å². The van der Waals surface area contributed by atoms with Crippen LogP contribution in [0.3, 0.4) is 0 Å². The van der Waals surface area contributed by atoms with E-state index in [-0.39, 0.29) is 6.03 Å². The van der Waals surface area contributed by atoms with Crippen LogP contribution in [0.15, 0.2) is 24.3 Å². The van der Waals surface area contributed by atoms with Crippen LogP contribution in [0.5, 0.6) is 0 Å². The number of urea groups is 1. The van der Waals surface area contributed by atoms with Crippen molar-refractivity contribution in [3.8, 4) is 0 Å². The second-order valence-corrected chi connectivity index (χ2v) is 5.63. The number of benzene rings is 1. The molecule has 1 aliphatic carbocycles. The van der Waals surface area contributed by atoms with Crippen molar-refractivity contribution < 1.29 is 19.5 Å². The first-order chi connectivity index (χ1) is 10.5. The number of nitrogens with zero attached hydrogens (tertiary/aromatic N) is 1. The number of amides is 3. The topological polar surface area (TPSA) is 98.7 Å². The third-order valence-corrected chi connectivity index (χ3v) is 4.09. The molecule has 116 valence electrons. The van der Waals surface area contributed by atoms with Gasteiger partial charge in [0.1, 0.15) is 5.41 Å². The summed E-state index contributed by atoms with van der Waals surface area (Å²) in [5.41, 5.74) is -0.109. The maximum absolute atomic E-state index is 12.1. The standard InChI is InChI=1S/C15H17N3O4/c19-12(15(5-6-15)13(20)21)17-10-3-1-4-11(9-10)18-8-2-7-16-14(18)22/h1,3-4,9H,2,5-8H2,(H,16,22)(H,17,19)(H,20,21). The van der Waals surface area contributed by atoms with Crippen molar-refractivity contribution >= 4 is 29.3 Å². The SMILES string of the molecule is O=C1NCCCN1c1cccc(NC(=O)C2(C(=O)O)CC2)c1. The summed E-state index contributed by atoms with van der Waals surface area (Å²) < 4.78 is 0. The Morgan fingerprint density at radius 3 is 2.73 bits per heavy atom. The van der Waals surface area contributed by atoms with Crippen molar-refractivity contribution in [2.24, 2.45) is 5.41 Å². The second kappa shape index (κ2) is 5.32. The molecule has 0 atom stereocenters. The monoisotopic (exact) mass is 303 g/mol. The highest BCUT2D eigenvalue weighted by atomic mass is 16.4.